The van der Waals surface area contributed by atoms with E-state index in [0.717, 1.165) is 0 Å². The molecule has 20 heavy (non-hydrogen) atoms. The average Bonchev–Trinajstić information content (AvgIpc) is 2.87. The Kier molecular flexibility index (Phi) is 3.84. The van der Waals surface area contributed by atoms with Crippen molar-refractivity contribution in [2.45, 2.75) is 13.8 Å². The number of nitrogens with zero attached hydrogens (tertiary/aromatic N) is 1. The Morgan fingerprint density at radius 1 is 1.30 bits per heavy atom. The van der Waals surface area contributed by atoms with Crippen molar-refractivity contribution in [2.24, 2.45) is 0 Å². The van der Waals surface area contributed by atoms with Gasteiger partial charge >= 0.3 is 5.97 Å². The number of carbonyl (C=O) groups excluding carboxylic acids is 2. The summed E-state index contributed by atoms with van der Waals surface area (Å²) in [7, 11) is 1.31. The zero-order valence-corrected chi connectivity index (χ0v) is 11.4. The first-order valence-electron chi connectivity index (χ1n) is 5.95. The molecule has 0 unspecified atom stereocenters. The van der Waals surface area contributed by atoms with Crippen molar-refractivity contribution < 1.29 is 18.8 Å². The summed E-state index contributed by atoms with van der Waals surface area (Å²) in [5, 5.41) is 6.33. The maximum absolute atomic E-state index is 12.0. The number of esters is 1. The van der Waals surface area contributed by atoms with Gasteiger partial charge in [0.1, 0.15) is 0 Å². The fourth-order valence-corrected chi connectivity index (χ4v) is 1.76. The van der Waals surface area contributed by atoms with Gasteiger partial charge in [0.15, 0.2) is 0 Å². The lowest BCUT2D eigenvalue weighted by atomic mass is 10.1. The molecule has 0 bridgehead atoms. The molecule has 0 aliphatic carbocycles. The van der Waals surface area contributed by atoms with Crippen molar-refractivity contribution in [3.63, 3.8) is 0 Å². The van der Waals surface area contributed by atoms with Crippen molar-refractivity contribution in [3.8, 4) is 0 Å². The molecule has 6 nitrogen and oxygen atoms in total. The lowest BCUT2D eigenvalue weighted by Crippen LogP contribution is -2.13. The minimum Gasteiger partial charge on any atom is -0.465 e. The third-order valence-corrected chi connectivity index (χ3v) is 2.84. The Balaban J connectivity index is 2.26. The van der Waals surface area contributed by atoms with Crippen LogP contribution in [0.3, 0.4) is 0 Å². The summed E-state index contributed by atoms with van der Waals surface area (Å²) in [5.74, 6) is -0.754. The Hall–Kier alpha value is -2.63. The number of aromatic nitrogens is 1. The third-order valence-electron chi connectivity index (χ3n) is 2.84. The molecule has 0 atom stereocenters. The van der Waals surface area contributed by atoms with Gasteiger partial charge in [-0.3, -0.25) is 4.79 Å². The number of anilines is 1. The van der Waals surface area contributed by atoms with E-state index in [1.807, 2.05) is 0 Å². The molecule has 0 spiro atoms. The molecule has 0 fully saturated rings. The number of hydrogen-bond donors (Lipinski definition) is 1. The van der Waals surface area contributed by atoms with Gasteiger partial charge in [0, 0.05) is 11.8 Å². The average molecular weight is 274 g/mol. The van der Waals surface area contributed by atoms with Crippen LogP contribution >= 0.6 is 0 Å². The topological polar surface area (TPSA) is 81.4 Å². The third kappa shape index (κ3) is 2.69. The number of aryl methyl sites for hydroxylation is 1. The zero-order chi connectivity index (χ0) is 14.7. The molecule has 104 valence electrons. The van der Waals surface area contributed by atoms with Crippen LogP contribution in [0.4, 0.5) is 5.69 Å². The molecule has 1 aromatic carbocycles. The van der Waals surface area contributed by atoms with E-state index in [4.69, 9.17) is 4.52 Å². The summed E-state index contributed by atoms with van der Waals surface area (Å²) >= 11 is 0. The van der Waals surface area contributed by atoms with Gasteiger partial charge in [-0.2, -0.15) is 0 Å². The van der Waals surface area contributed by atoms with Crippen LogP contribution in [0, 0.1) is 13.8 Å². The fraction of sp³-hybridized carbons (Fsp3) is 0.214. The second-order valence-corrected chi connectivity index (χ2v) is 4.26. The number of methoxy groups -OCH3 is 1. The number of hydrogen-bond acceptors (Lipinski definition) is 5. The van der Waals surface area contributed by atoms with Crippen molar-refractivity contribution >= 4 is 17.6 Å². The van der Waals surface area contributed by atoms with Crippen LogP contribution in [0.1, 0.15) is 32.2 Å². The normalized spacial score (nSPS) is 10.2. The van der Waals surface area contributed by atoms with Crippen molar-refractivity contribution in [1.29, 1.82) is 0 Å². The summed E-state index contributed by atoms with van der Waals surface area (Å²) in [6.07, 6.45) is 0. The smallest absolute Gasteiger partial charge is 0.338 e. The Morgan fingerprint density at radius 3 is 2.65 bits per heavy atom. The summed E-state index contributed by atoms with van der Waals surface area (Å²) in [6.45, 7) is 3.46. The molecule has 6 heteroatoms. The molecule has 0 aliphatic heterocycles. The molecular weight excluding hydrogens is 260 g/mol. The minimum atomic E-state index is -0.450. The lowest BCUT2D eigenvalue weighted by Gasteiger charge is -2.10. The molecule has 2 rings (SSSR count). The number of benzene rings is 1. The number of rotatable bonds is 3. The van der Waals surface area contributed by atoms with Crippen LogP contribution < -0.4 is 5.32 Å². The number of nitrogens with one attached hydrogen (secondary N) is 1. The second kappa shape index (κ2) is 5.56. The fourth-order valence-electron chi connectivity index (χ4n) is 1.76. The van der Waals surface area contributed by atoms with E-state index in [0.29, 0.717) is 22.5 Å². The highest BCUT2D eigenvalue weighted by Gasteiger charge is 2.16. The zero-order valence-electron chi connectivity index (χ0n) is 11.4. The summed E-state index contributed by atoms with van der Waals surface area (Å²) in [5.41, 5.74) is 2.17. The Morgan fingerprint density at radius 2 is 2.05 bits per heavy atom. The van der Waals surface area contributed by atoms with Crippen LogP contribution in [0.5, 0.6) is 0 Å². The van der Waals surface area contributed by atoms with Crippen LogP contribution in [0.15, 0.2) is 28.8 Å². The molecule has 0 saturated carbocycles. The van der Waals surface area contributed by atoms with Crippen molar-refractivity contribution in [1.82, 2.24) is 5.16 Å². The highest BCUT2D eigenvalue weighted by Crippen LogP contribution is 2.20. The van der Waals surface area contributed by atoms with Gasteiger partial charge in [0.25, 0.3) is 5.91 Å². The molecule has 1 aromatic heterocycles. The Labute approximate surface area is 115 Å². The van der Waals surface area contributed by atoms with E-state index in [9.17, 15) is 9.59 Å². The predicted molar refractivity (Wildman–Crippen MR) is 71.7 cm³/mol. The predicted octanol–water partition coefficient (Wildman–Crippen LogP) is 2.33. The van der Waals surface area contributed by atoms with E-state index < -0.39 is 11.9 Å². The van der Waals surface area contributed by atoms with E-state index >= 15 is 0 Å². The van der Waals surface area contributed by atoms with Gasteiger partial charge in [0.05, 0.1) is 18.4 Å². The van der Waals surface area contributed by atoms with Crippen LogP contribution in [-0.4, -0.2) is 24.1 Å². The highest BCUT2D eigenvalue weighted by atomic mass is 16.5. The largest absolute Gasteiger partial charge is 0.465 e. The molecule has 0 saturated heterocycles. The summed E-state index contributed by atoms with van der Waals surface area (Å²) in [4.78, 5) is 23.6. The molecule has 0 aliphatic rings. The number of ether oxygens (including phenoxy) is 1. The summed E-state index contributed by atoms with van der Waals surface area (Å²) < 4.78 is 9.57. The molecule has 1 N–H and O–H groups in total. The van der Waals surface area contributed by atoms with Crippen LogP contribution in [0.2, 0.25) is 0 Å². The number of amides is 1. The second-order valence-electron chi connectivity index (χ2n) is 4.26. The standard InChI is InChI=1S/C14H14N2O4/c1-8-7-12(20-16-8)13(17)15-11-6-4-5-10(9(11)2)14(18)19-3/h4-7H,1-3H3,(H,15,17). The first-order chi connectivity index (χ1) is 9.52. The van der Waals surface area contributed by atoms with E-state index in [2.05, 4.69) is 15.2 Å². The van der Waals surface area contributed by atoms with Gasteiger partial charge in [-0.15, -0.1) is 0 Å². The SMILES string of the molecule is COC(=O)c1cccc(NC(=O)c2cc(C)no2)c1C. The first kappa shape index (κ1) is 13.8. The molecule has 2 aromatic rings. The van der Waals surface area contributed by atoms with Gasteiger partial charge in [-0.25, -0.2) is 4.79 Å². The highest BCUT2D eigenvalue weighted by molar-refractivity contribution is 6.03. The monoisotopic (exact) mass is 274 g/mol. The van der Waals surface area contributed by atoms with E-state index in [1.165, 1.54) is 13.2 Å². The lowest BCUT2D eigenvalue weighted by molar-refractivity contribution is 0.0599. The van der Waals surface area contributed by atoms with Crippen molar-refractivity contribution in [2.75, 3.05) is 12.4 Å². The number of carbonyl (C=O) groups is 2. The van der Waals surface area contributed by atoms with E-state index in [-0.39, 0.29) is 5.76 Å². The molecular formula is C14H14N2O4. The first-order valence-corrected chi connectivity index (χ1v) is 5.95. The van der Waals surface area contributed by atoms with Crippen LogP contribution in [0.25, 0.3) is 0 Å². The Bertz CT molecular complexity index is 661. The van der Waals surface area contributed by atoms with Gasteiger partial charge in [-0.1, -0.05) is 11.2 Å². The van der Waals surface area contributed by atoms with Crippen molar-refractivity contribution in [3.05, 3.63) is 46.8 Å². The van der Waals surface area contributed by atoms with Gasteiger partial charge < -0.3 is 14.6 Å². The maximum atomic E-state index is 12.0. The van der Waals surface area contributed by atoms with Crippen LogP contribution in [-0.2, 0) is 4.74 Å². The van der Waals surface area contributed by atoms with Gasteiger partial charge in [-0.05, 0) is 31.5 Å². The quantitative estimate of drug-likeness (QED) is 0.869. The molecule has 1 amide bonds. The van der Waals surface area contributed by atoms with Gasteiger partial charge in [0.2, 0.25) is 5.76 Å². The minimum absolute atomic E-state index is 0.116. The molecule has 0 radical (unpaired) electrons. The summed E-state index contributed by atoms with van der Waals surface area (Å²) in [6, 6.07) is 6.54. The van der Waals surface area contributed by atoms with E-state index in [1.54, 1.807) is 32.0 Å². The molecule has 1 heterocycles. The maximum Gasteiger partial charge on any atom is 0.338 e.